The lowest BCUT2D eigenvalue weighted by Crippen LogP contribution is -2.32. The molecule has 1 unspecified atom stereocenters. The molecule has 0 aliphatic heterocycles. The van der Waals surface area contributed by atoms with Crippen molar-refractivity contribution in [2.24, 2.45) is 5.73 Å². The Morgan fingerprint density at radius 2 is 2.12 bits per heavy atom. The second-order valence-electron chi connectivity index (χ2n) is 3.91. The van der Waals surface area contributed by atoms with Gasteiger partial charge in [-0.3, -0.25) is 14.9 Å². The highest BCUT2D eigenvalue weighted by atomic mass is 16.6. The fraction of sp³-hybridized carbons (Fsp3) is 0.364. The number of benzene rings is 1. The zero-order valence-corrected chi connectivity index (χ0v) is 9.64. The van der Waals surface area contributed by atoms with E-state index < -0.39 is 16.9 Å². The zero-order valence-electron chi connectivity index (χ0n) is 9.64. The van der Waals surface area contributed by atoms with E-state index in [0.717, 1.165) is 11.1 Å². The van der Waals surface area contributed by atoms with Crippen LogP contribution in [0.5, 0.6) is 0 Å². The van der Waals surface area contributed by atoms with Crippen molar-refractivity contribution in [3.05, 3.63) is 38.9 Å². The standard InChI is InChI=1S/C11H14N2O4/c1-6-3-4-10(13(16)17)8(7(6)2)5-9(12)11(14)15/h3-4,9H,5,12H2,1-2H3,(H,14,15). The van der Waals surface area contributed by atoms with Gasteiger partial charge in [0.2, 0.25) is 0 Å². The minimum atomic E-state index is -1.17. The van der Waals surface area contributed by atoms with Gasteiger partial charge in [0, 0.05) is 18.1 Å². The van der Waals surface area contributed by atoms with Crippen molar-refractivity contribution < 1.29 is 14.8 Å². The Balaban J connectivity index is 3.23. The van der Waals surface area contributed by atoms with Crippen LogP contribution in [-0.2, 0) is 11.2 Å². The second-order valence-corrected chi connectivity index (χ2v) is 3.91. The van der Waals surface area contributed by atoms with Crippen molar-refractivity contribution >= 4 is 11.7 Å². The van der Waals surface area contributed by atoms with Gasteiger partial charge >= 0.3 is 5.97 Å². The zero-order chi connectivity index (χ0) is 13.2. The molecular formula is C11H14N2O4. The Bertz CT molecular complexity index is 471. The van der Waals surface area contributed by atoms with E-state index in [9.17, 15) is 14.9 Å². The molecule has 0 aliphatic carbocycles. The number of carboxylic acids is 1. The first-order valence-electron chi connectivity index (χ1n) is 5.06. The van der Waals surface area contributed by atoms with Crippen LogP contribution in [0.25, 0.3) is 0 Å². The van der Waals surface area contributed by atoms with E-state index in [-0.39, 0.29) is 12.1 Å². The van der Waals surface area contributed by atoms with Crippen molar-refractivity contribution in [2.45, 2.75) is 26.3 Å². The molecule has 6 nitrogen and oxygen atoms in total. The first-order chi connectivity index (χ1) is 7.84. The van der Waals surface area contributed by atoms with Crippen molar-refractivity contribution in [3.8, 4) is 0 Å². The predicted octanol–water partition coefficient (Wildman–Crippen LogP) is 1.17. The van der Waals surface area contributed by atoms with Gasteiger partial charge in [-0.15, -0.1) is 0 Å². The molecule has 0 amide bonds. The summed E-state index contributed by atoms with van der Waals surface area (Å²) in [4.78, 5) is 21.0. The molecule has 1 rings (SSSR count). The summed E-state index contributed by atoms with van der Waals surface area (Å²) < 4.78 is 0. The number of carboxylic acid groups (broad SMARTS) is 1. The van der Waals surface area contributed by atoms with Crippen LogP contribution in [0.3, 0.4) is 0 Å². The van der Waals surface area contributed by atoms with Crippen molar-refractivity contribution in [1.29, 1.82) is 0 Å². The van der Waals surface area contributed by atoms with E-state index in [0.29, 0.717) is 5.56 Å². The molecule has 17 heavy (non-hydrogen) atoms. The van der Waals surface area contributed by atoms with E-state index in [1.54, 1.807) is 13.0 Å². The van der Waals surface area contributed by atoms with Crippen LogP contribution < -0.4 is 5.73 Å². The Morgan fingerprint density at radius 3 is 2.59 bits per heavy atom. The summed E-state index contributed by atoms with van der Waals surface area (Å²) in [7, 11) is 0. The van der Waals surface area contributed by atoms with Gasteiger partial charge in [-0.05, 0) is 25.0 Å². The molecule has 1 atom stereocenters. The lowest BCUT2D eigenvalue weighted by atomic mass is 9.96. The Labute approximate surface area is 98.2 Å². The Kier molecular flexibility index (Phi) is 3.80. The number of aliphatic carboxylic acids is 1. The Hall–Kier alpha value is -1.95. The highest BCUT2D eigenvalue weighted by Gasteiger charge is 2.22. The van der Waals surface area contributed by atoms with Gasteiger partial charge in [-0.1, -0.05) is 6.07 Å². The molecule has 0 saturated carbocycles. The fourth-order valence-electron chi connectivity index (χ4n) is 1.60. The van der Waals surface area contributed by atoms with Crippen molar-refractivity contribution in [1.82, 2.24) is 0 Å². The van der Waals surface area contributed by atoms with Crippen LogP contribution in [0.2, 0.25) is 0 Å². The quantitative estimate of drug-likeness (QED) is 0.604. The summed E-state index contributed by atoms with van der Waals surface area (Å²) in [5.74, 6) is -1.17. The number of aryl methyl sites for hydroxylation is 1. The van der Waals surface area contributed by atoms with Gasteiger partial charge in [-0.2, -0.15) is 0 Å². The summed E-state index contributed by atoms with van der Waals surface area (Å²) in [5, 5.41) is 19.6. The Morgan fingerprint density at radius 1 is 1.53 bits per heavy atom. The van der Waals surface area contributed by atoms with Gasteiger partial charge in [0.05, 0.1) is 4.92 Å². The highest BCUT2D eigenvalue weighted by molar-refractivity contribution is 5.74. The summed E-state index contributed by atoms with van der Waals surface area (Å²) >= 11 is 0. The van der Waals surface area contributed by atoms with Crippen molar-refractivity contribution in [3.63, 3.8) is 0 Å². The molecule has 0 spiro atoms. The molecule has 6 heteroatoms. The number of nitrogens with two attached hydrogens (primary N) is 1. The van der Waals surface area contributed by atoms with E-state index in [1.165, 1.54) is 6.07 Å². The number of nitrogens with zero attached hydrogens (tertiary/aromatic N) is 1. The smallest absolute Gasteiger partial charge is 0.320 e. The molecule has 1 aromatic carbocycles. The van der Waals surface area contributed by atoms with Crippen LogP contribution in [0.15, 0.2) is 12.1 Å². The normalized spacial score (nSPS) is 12.2. The van der Waals surface area contributed by atoms with E-state index >= 15 is 0 Å². The summed E-state index contributed by atoms with van der Waals surface area (Å²) in [6.07, 6.45) is -0.0425. The van der Waals surface area contributed by atoms with Gasteiger partial charge in [-0.25, -0.2) is 0 Å². The van der Waals surface area contributed by atoms with Crippen molar-refractivity contribution in [2.75, 3.05) is 0 Å². The SMILES string of the molecule is Cc1ccc([N+](=O)[O-])c(CC(N)C(=O)O)c1C. The van der Waals surface area contributed by atoms with Crippen LogP contribution >= 0.6 is 0 Å². The van der Waals surface area contributed by atoms with Gasteiger partial charge < -0.3 is 10.8 Å². The fourth-order valence-corrected chi connectivity index (χ4v) is 1.60. The van der Waals surface area contributed by atoms with E-state index in [2.05, 4.69) is 0 Å². The number of hydrogen-bond donors (Lipinski definition) is 2. The molecule has 3 N–H and O–H groups in total. The largest absolute Gasteiger partial charge is 0.480 e. The maximum atomic E-state index is 10.9. The molecular weight excluding hydrogens is 224 g/mol. The van der Waals surface area contributed by atoms with Gasteiger partial charge in [0.1, 0.15) is 6.04 Å². The molecule has 1 aromatic rings. The first-order valence-corrected chi connectivity index (χ1v) is 5.06. The average Bonchev–Trinajstić information content (AvgIpc) is 2.24. The monoisotopic (exact) mass is 238 g/mol. The number of nitro groups is 1. The minimum Gasteiger partial charge on any atom is -0.480 e. The maximum Gasteiger partial charge on any atom is 0.320 e. The molecule has 0 heterocycles. The third-order valence-electron chi connectivity index (χ3n) is 2.78. The predicted molar refractivity (Wildman–Crippen MR) is 61.9 cm³/mol. The van der Waals surface area contributed by atoms with Crippen LogP contribution in [0, 0.1) is 24.0 Å². The van der Waals surface area contributed by atoms with Crippen LogP contribution in [-0.4, -0.2) is 22.0 Å². The topological polar surface area (TPSA) is 106 Å². The third kappa shape index (κ3) is 2.79. The molecule has 0 fully saturated rings. The van der Waals surface area contributed by atoms with E-state index in [1.807, 2.05) is 6.92 Å². The number of carbonyl (C=O) groups is 1. The number of rotatable bonds is 4. The highest BCUT2D eigenvalue weighted by Crippen LogP contribution is 2.25. The number of nitro benzene ring substituents is 1. The summed E-state index contributed by atoms with van der Waals surface area (Å²) in [5.41, 5.74) is 7.33. The molecule has 92 valence electrons. The lowest BCUT2D eigenvalue weighted by molar-refractivity contribution is -0.385. The van der Waals surface area contributed by atoms with E-state index in [4.69, 9.17) is 10.8 Å². The minimum absolute atomic E-state index is 0.0425. The second kappa shape index (κ2) is 4.92. The summed E-state index contributed by atoms with van der Waals surface area (Å²) in [6.45, 7) is 3.54. The molecule has 0 aliphatic rings. The molecule has 0 radical (unpaired) electrons. The first kappa shape index (κ1) is 13.1. The maximum absolute atomic E-state index is 10.9. The molecule has 0 bridgehead atoms. The third-order valence-corrected chi connectivity index (χ3v) is 2.78. The van der Waals surface area contributed by atoms with Gasteiger partial charge in [0.25, 0.3) is 5.69 Å². The lowest BCUT2D eigenvalue weighted by Gasteiger charge is -2.11. The van der Waals surface area contributed by atoms with Crippen LogP contribution in [0.4, 0.5) is 5.69 Å². The number of hydrogen-bond acceptors (Lipinski definition) is 4. The van der Waals surface area contributed by atoms with Crippen LogP contribution in [0.1, 0.15) is 16.7 Å². The molecule has 0 aromatic heterocycles. The summed E-state index contributed by atoms with van der Waals surface area (Å²) in [6, 6.07) is 1.89. The molecule has 0 saturated heterocycles. The van der Waals surface area contributed by atoms with Gasteiger partial charge in [0.15, 0.2) is 0 Å². The average molecular weight is 238 g/mol.